The minimum absolute atomic E-state index is 0. The first-order valence-corrected chi connectivity index (χ1v) is 40.5. The van der Waals surface area contributed by atoms with E-state index in [0.29, 0.717) is 0 Å². The number of rotatable bonds is 6. The highest BCUT2D eigenvalue weighted by Crippen LogP contribution is 2.47. The summed E-state index contributed by atoms with van der Waals surface area (Å²) in [6, 6.07) is 0. The topological polar surface area (TPSA) is 0 Å². The molecule has 0 heteroatoms. The van der Waals surface area contributed by atoms with Crippen molar-refractivity contribution in [3.05, 3.63) is 0 Å². The Kier molecular flexibility index (Phi) is 33.0. The summed E-state index contributed by atoms with van der Waals surface area (Å²) in [5, 5.41) is 0. The third-order valence-electron chi connectivity index (χ3n) is 28.7. The highest BCUT2D eigenvalue weighted by molar-refractivity contribution is 4.86. The zero-order valence-corrected chi connectivity index (χ0v) is 59.8. The van der Waals surface area contributed by atoms with Gasteiger partial charge in [0, 0.05) is 14.3 Å². The second-order valence-electron chi connectivity index (χ2n) is 36.2. The van der Waals surface area contributed by atoms with Gasteiger partial charge in [-0.3, -0.25) is 0 Å². The van der Waals surface area contributed by atoms with Crippen LogP contribution in [0.3, 0.4) is 0 Å². The monoisotopic (exact) mass is 1190 g/mol. The SMILES string of the molecule is CC1CCC(C2CCC(C)CC2)CC1.CC1CCC(C2CCC(C)CC2)CC1.CC1CCC(C2CCC(C)CC2)CC1.CC1CCC(C2CCC(C)CC2)CC1.CC1CCC(C2CCC(C)CC2)CC1.CC1CCC(C2CCC(C)CC2)CC1.[HH].[HH].[HH].[HH].[HH].[HH].[HH].[HH].[HH].[HH]. The lowest BCUT2D eigenvalue weighted by molar-refractivity contribution is 0.155. The molecule has 0 amide bonds. The van der Waals surface area contributed by atoms with Crippen LogP contribution in [0, 0.1) is 142 Å². The standard InChI is InChI=1S/6C14H26.10H2/c6*1-11-3-7-13(8-4-11)14-9-5-12(2)6-10-14;;;;;;;;;;/h6*11-14H,3-10H2,1-2H3;10*1H. The predicted octanol–water partition coefficient (Wildman–Crippen LogP) is 30.3. The van der Waals surface area contributed by atoms with Gasteiger partial charge in [0.2, 0.25) is 0 Å². The molecule has 0 aromatic heterocycles. The van der Waals surface area contributed by atoms with Crippen LogP contribution in [-0.4, -0.2) is 0 Å². The smallest absolute Gasteiger partial charge is 0 e. The van der Waals surface area contributed by atoms with Gasteiger partial charge in [-0.05, 0) is 296 Å². The van der Waals surface area contributed by atoms with E-state index in [2.05, 4.69) is 83.1 Å². The molecule has 12 saturated carbocycles. The lowest BCUT2D eigenvalue weighted by Crippen LogP contribution is -2.24. The first-order chi connectivity index (χ1) is 40.5. The normalized spacial score (nSPS) is 45.0. The molecule has 12 aliphatic rings. The Hall–Kier alpha value is 0. The van der Waals surface area contributed by atoms with Crippen molar-refractivity contribution in [1.82, 2.24) is 0 Å². The van der Waals surface area contributed by atoms with Gasteiger partial charge >= 0.3 is 0 Å². The second kappa shape index (κ2) is 38.8. The molecule has 0 nitrogen and oxygen atoms in total. The van der Waals surface area contributed by atoms with E-state index in [9.17, 15) is 0 Å². The van der Waals surface area contributed by atoms with Crippen LogP contribution < -0.4 is 0 Å². The van der Waals surface area contributed by atoms with Gasteiger partial charge < -0.3 is 0 Å². The van der Waals surface area contributed by atoms with Crippen molar-refractivity contribution < 1.29 is 14.3 Å². The maximum Gasteiger partial charge on any atom is 0 e. The number of hydrogen-bond acceptors (Lipinski definition) is 0. The van der Waals surface area contributed by atoms with E-state index in [1.165, 1.54) is 154 Å². The predicted molar refractivity (Wildman–Crippen MR) is 395 cm³/mol. The zero-order valence-electron chi connectivity index (χ0n) is 59.8. The van der Waals surface area contributed by atoms with E-state index in [1.807, 2.05) is 0 Å². The summed E-state index contributed by atoms with van der Waals surface area (Å²) in [6.07, 6.45) is 73.3. The van der Waals surface area contributed by atoms with Crippen molar-refractivity contribution in [2.75, 3.05) is 0 Å². The zero-order chi connectivity index (χ0) is 59.8. The summed E-state index contributed by atoms with van der Waals surface area (Å²) in [4.78, 5) is 0. The Bertz CT molecular complexity index is 1180. The molecule has 0 atom stereocenters. The van der Waals surface area contributed by atoms with Crippen molar-refractivity contribution >= 4 is 0 Å². The molecule has 0 aliphatic heterocycles. The van der Waals surface area contributed by atoms with Crippen LogP contribution in [0.1, 0.15) is 406 Å². The minimum Gasteiger partial charge on any atom is -0.0625 e. The van der Waals surface area contributed by atoms with Crippen molar-refractivity contribution in [2.24, 2.45) is 142 Å². The molecule has 0 heterocycles. The van der Waals surface area contributed by atoms with Gasteiger partial charge in [-0.15, -0.1) is 0 Å². The van der Waals surface area contributed by atoms with Crippen molar-refractivity contribution in [3.63, 3.8) is 0 Å². The summed E-state index contributed by atoms with van der Waals surface area (Å²) in [6.45, 7) is 29.2. The highest BCUT2D eigenvalue weighted by Gasteiger charge is 2.34. The Morgan fingerprint density at radius 3 is 0.190 bits per heavy atom. The van der Waals surface area contributed by atoms with E-state index >= 15 is 0 Å². The quantitative estimate of drug-likeness (QED) is 0.249. The van der Waals surface area contributed by atoms with E-state index in [-0.39, 0.29) is 14.3 Å². The number of hydrogen-bond donors (Lipinski definition) is 0. The summed E-state index contributed by atoms with van der Waals surface area (Å²) in [5.41, 5.74) is 0. The summed E-state index contributed by atoms with van der Waals surface area (Å²) in [5.74, 6) is 25.6. The van der Waals surface area contributed by atoms with Gasteiger partial charge in [-0.25, -0.2) is 0 Å². The van der Waals surface area contributed by atoms with Gasteiger partial charge in [-0.1, -0.05) is 237 Å². The molecule has 0 spiro atoms. The molecule has 12 aliphatic carbocycles. The van der Waals surface area contributed by atoms with Gasteiger partial charge in [0.15, 0.2) is 0 Å². The molecule has 0 aromatic rings. The largest absolute Gasteiger partial charge is 0.0625 e. The Balaban J connectivity index is -0.000000506. The van der Waals surface area contributed by atoms with Crippen LogP contribution in [0.25, 0.3) is 0 Å². The third kappa shape index (κ3) is 25.9. The third-order valence-corrected chi connectivity index (χ3v) is 28.7. The average molecular weight is 1190 g/mol. The van der Waals surface area contributed by atoms with Crippen LogP contribution in [0.2, 0.25) is 0 Å². The van der Waals surface area contributed by atoms with Crippen molar-refractivity contribution in [2.45, 2.75) is 391 Å². The Labute approximate surface area is 545 Å². The summed E-state index contributed by atoms with van der Waals surface area (Å²) >= 11 is 0. The molecule has 12 rings (SSSR count). The van der Waals surface area contributed by atoms with Gasteiger partial charge in [0.05, 0.1) is 0 Å². The van der Waals surface area contributed by atoms with Crippen LogP contribution in [0.4, 0.5) is 0 Å². The van der Waals surface area contributed by atoms with Crippen LogP contribution in [0.15, 0.2) is 0 Å². The maximum atomic E-state index is 2.43. The second-order valence-corrected chi connectivity index (χ2v) is 36.2. The molecule has 0 aromatic carbocycles. The minimum atomic E-state index is 0. The van der Waals surface area contributed by atoms with E-state index in [0.717, 1.165) is 142 Å². The molecule has 0 unspecified atom stereocenters. The van der Waals surface area contributed by atoms with Gasteiger partial charge in [0.1, 0.15) is 0 Å². The fourth-order valence-corrected chi connectivity index (χ4v) is 21.1. The maximum absolute atomic E-state index is 2.43. The fourth-order valence-electron chi connectivity index (χ4n) is 21.1. The van der Waals surface area contributed by atoms with Crippen molar-refractivity contribution in [1.29, 1.82) is 0 Å². The van der Waals surface area contributed by atoms with Crippen LogP contribution in [0.5, 0.6) is 0 Å². The van der Waals surface area contributed by atoms with Gasteiger partial charge in [0.25, 0.3) is 0 Å². The van der Waals surface area contributed by atoms with Gasteiger partial charge in [-0.2, -0.15) is 0 Å². The molecule has 0 bridgehead atoms. The molecule has 0 saturated heterocycles. The molecular formula is C84H176. The van der Waals surface area contributed by atoms with E-state index in [4.69, 9.17) is 0 Å². The van der Waals surface area contributed by atoms with E-state index < -0.39 is 0 Å². The lowest BCUT2D eigenvalue weighted by Gasteiger charge is -2.36. The van der Waals surface area contributed by atoms with E-state index in [1.54, 1.807) is 154 Å². The Morgan fingerprint density at radius 1 is 0.0952 bits per heavy atom. The van der Waals surface area contributed by atoms with Crippen LogP contribution in [-0.2, 0) is 0 Å². The molecule has 84 heavy (non-hydrogen) atoms. The van der Waals surface area contributed by atoms with Crippen molar-refractivity contribution in [3.8, 4) is 0 Å². The summed E-state index contributed by atoms with van der Waals surface area (Å²) in [7, 11) is 0. The molecule has 0 radical (unpaired) electrons. The highest BCUT2D eigenvalue weighted by atomic mass is 14.4. The molecule has 12 fully saturated rings. The average Bonchev–Trinajstić information content (AvgIpc) is 1.44. The Morgan fingerprint density at radius 2 is 0.143 bits per heavy atom. The van der Waals surface area contributed by atoms with Crippen LogP contribution >= 0.6 is 0 Å². The molecule has 512 valence electrons. The lowest BCUT2D eigenvalue weighted by atomic mass is 9.70. The molecule has 0 N–H and O–H groups in total. The fraction of sp³-hybridized carbons (Fsp3) is 1.00. The summed E-state index contributed by atoms with van der Waals surface area (Å²) < 4.78 is 0. The first-order valence-electron chi connectivity index (χ1n) is 40.5. The molecular weight excluding hydrogens is 1010 g/mol. The first kappa shape index (κ1) is 71.4.